The number of amides is 1. The predicted molar refractivity (Wildman–Crippen MR) is 139 cm³/mol. The minimum absolute atomic E-state index is 0.00805. The number of ether oxygens (including phenoxy) is 3. The number of hydrogen-bond donors (Lipinski definition) is 1. The van der Waals surface area contributed by atoms with Crippen LogP contribution in [0.15, 0.2) is 58.2 Å². The molecule has 0 saturated carbocycles. The number of Topliss-reactive ketones (excluding diaryl/α,β-unsaturated/α-hetero) is 1. The largest absolute Gasteiger partial charge is 0.503 e. The quantitative estimate of drug-likeness (QED) is 0.381. The number of carbonyl (C=O) groups is 2. The molecule has 2 heterocycles. The fraction of sp³-hybridized carbons (Fsp3) is 0.357. The maximum absolute atomic E-state index is 13.9. The zero-order valence-electron chi connectivity index (χ0n) is 21.7. The van der Waals surface area contributed by atoms with Gasteiger partial charge in [0.15, 0.2) is 34.4 Å². The van der Waals surface area contributed by atoms with Crippen molar-refractivity contribution in [2.75, 3.05) is 47.5 Å². The first kappa shape index (κ1) is 26.1. The normalized spacial score (nSPS) is 15.7. The van der Waals surface area contributed by atoms with Gasteiger partial charge in [-0.3, -0.25) is 9.59 Å². The highest BCUT2D eigenvalue weighted by molar-refractivity contribution is 6.16. The predicted octanol–water partition coefficient (Wildman–Crippen LogP) is 4.38. The molecule has 0 unspecified atom stereocenters. The third-order valence-electron chi connectivity index (χ3n) is 6.78. The Hall–Kier alpha value is -3.98. The average Bonchev–Trinajstić information content (AvgIpc) is 3.47. The molecule has 0 saturated heterocycles. The number of ketones is 1. The summed E-state index contributed by atoms with van der Waals surface area (Å²) in [6, 6.07) is 11.2. The number of benzene rings is 2. The summed E-state index contributed by atoms with van der Waals surface area (Å²) in [5.74, 6) is -0.532. The van der Waals surface area contributed by atoms with Gasteiger partial charge >= 0.3 is 0 Å². The van der Waals surface area contributed by atoms with Crippen LogP contribution in [0.3, 0.4) is 0 Å². The average molecular weight is 509 g/mol. The van der Waals surface area contributed by atoms with Crippen LogP contribution in [0.2, 0.25) is 0 Å². The van der Waals surface area contributed by atoms with Gasteiger partial charge in [-0.05, 0) is 31.3 Å². The smallest absolute Gasteiger partial charge is 0.290 e. The lowest BCUT2D eigenvalue weighted by Gasteiger charge is -2.30. The summed E-state index contributed by atoms with van der Waals surface area (Å²) in [5.41, 5.74) is 0.858. The SMILES string of the molecule is CCN(CC)CCN1C(=O)C(O)=C(C(=O)c2cc3cccc(OC)c3o2)[C@@H]1c1cccc(OC)c1OC. The van der Waals surface area contributed by atoms with Crippen LogP contribution in [0.5, 0.6) is 17.2 Å². The fourth-order valence-corrected chi connectivity index (χ4v) is 4.80. The molecule has 0 fully saturated rings. The van der Waals surface area contributed by atoms with Crippen molar-refractivity contribution in [2.45, 2.75) is 19.9 Å². The lowest BCUT2D eigenvalue weighted by atomic mass is 9.94. The number of methoxy groups -OCH3 is 3. The maximum Gasteiger partial charge on any atom is 0.290 e. The van der Waals surface area contributed by atoms with Crippen molar-refractivity contribution in [1.29, 1.82) is 0 Å². The summed E-state index contributed by atoms with van der Waals surface area (Å²) in [6.45, 7) is 6.55. The van der Waals surface area contributed by atoms with Gasteiger partial charge in [-0.15, -0.1) is 0 Å². The number of aliphatic hydroxyl groups excluding tert-OH is 1. The molecule has 0 radical (unpaired) electrons. The van der Waals surface area contributed by atoms with Gasteiger partial charge in [-0.25, -0.2) is 0 Å². The second kappa shape index (κ2) is 11.0. The van der Waals surface area contributed by atoms with Crippen LogP contribution in [0.1, 0.15) is 36.0 Å². The zero-order chi connectivity index (χ0) is 26.7. The highest BCUT2D eigenvalue weighted by atomic mass is 16.5. The second-order valence-corrected chi connectivity index (χ2v) is 8.59. The van der Waals surface area contributed by atoms with Gasteiger partial charge in [0.1, 0.15) is 0 Å². The summed E-state index contributed by atoms with van der Waals surface area (Å²) in [6.07, 6.45) is 0. The summed E-state index contributed by atoms with van der Waals surface area (Å²) < 4.78 is 22.4. The van der Waals surface area contributed by atoms with E-state index in [-0.39, 0.29) is 11.3 Å². The first-order chi connectivity index (χ1) is 17.9. The molecule has 1 N–H and O–H groups in total. The summed E-state index contributed by atoms with van der Waals surface area (Å²) in [4.78, 5) is 30.9. The number of carbonyl (C=O) groups excluding carboxylic acids is 2. The number of fused-ring (bicyclic) bond motifs is 1. The van der Waals surface area contributed by atoms with Crippen molar-refractivity contribution in [3.8, 4) is 17.2 Å². The topological polar surface area (TPSA) is 102 Å². The fourth-order valence-electron chi connectivity index (χ4n) is 4.80. The van der Waals surface area contributed by atoms with Crippen molar-refractivity contribution in [3.05, 3.63) is 65.1 Å². The van der Waals surface area contributed by atoms with Gasteiger partial charge < -0.3 is 33.5 Å². The first-order valence-corrected chi connectivity index (χ1v) is 12.2. The minimum Gasteiger partial charge on any atom is -0.503 e. The Morgan fingerprint density at radius 2 is 1.70 bits per heavy atom. The molecule has 1 aliphatic rings. The number of aliphatic hydroxyl groups is 1. The van der Waals surface area contributed by atoms with Crippen LogP contribution in [-0.4, -0.2) is 74.1 Å². The minimum atomic E-state index is -0.907. The van der Waals surface area contributed by atoms with E-state index in [1.807, 2.05) is 13.8 Å². The lowest BCUT2D eigenvalue weighted by molar-refractivity contribution is -0.129. The highest BCUT2D eigenvalue weighted by Crippen LogP contribution is 2.45. The Morgan fingerprint density at radius 1 is 1.03 bits per heavy atom. The number of rotatable bonds is 11. The molecule has 37 heavy (non-hydrogen) atoms. The van der Waals surface area contributed by atoms with Crippen molar-refractivity contribution in [3.63, 3.8) is 0 Å². The van der Waals surface area contributed by atoms with E-state index in [2.05, 4.69) is 4.90 Å². The van der Waals surface area contributed by atoms with E-state index in [0.717, 1.165) is 13.1 Å². The van der Waals surface area contributed by atoms with Crippen molar-refractivity contribution in [1.82, 2.24) is 9.80 Å². The Bertz CT molecular complexity index is 1340. The molecule has 1 aromatic heterocycles. The zero-order valence-corrected chi connectivity index (χ0v) is 21.7. The molecule has 0 aliphatic carbocycles. The van der Waals surface area contributed by atoms with Gasteiger partial charge in [0.05, 0.1) is 32.9 Å². The third kappa shape index (κ3) is 4.62. The summed E-state index contributed by atoms with van der Waals surface area (Å²) in [7, 11) is 4.53. The molecule has 4 rings (SSSR count). The van der Waals surface area contributed by atoms with E-state index < -0.39 is 23.5 Å². The molecule has 3 aromatic rings. The van der Waals surface area contributed by atoms with Crippen LogP contribution in [-0.2, 0) is 4.79 Å². The maximum atomic E-state index is 13.9. The third-order valence-corrected chi connectivity index (χ3v) is 6.78. The van der Waals surface area contributed by atoms with Gasteiger partial charge in [-0.2, -0.15) is 0 Å². The number of furan rings is 1. The molecule has 2 aromatic carbocycles. The standard InChI is InChI=1S/C28H32N2O7/c1-6-29(7-2)14-15-30-23(18-11-9-13-20(35-4)27(18)36-5)22(25(32)28(30)33)24(31)21-16-17-10-8-12-19(34-3)26(17)37-21/h8-13,16,23,32H,6-7,14-15H2,1-5H3/t23-/m0/s1. The van der Waals surface area contributed by atoms with Crippen LogP contribution >= 0.6 is 0 Å². The summed E-state index contributed by atoms with van der Waals surface area (Å²) in [5, 5.41) is 11.7. The van der Waals surface area contributed by atoms with E-state index >= 15 is 0 Å². The Balaban J connectivity index is 1.84. The Kier molecular flexibility index (Phi) is 7.73. The van der Waals surface area contributed by atoms with Gasteiger partial charge in [0.2, 0.25) is 5.78 Å². The molecule has 1 atom stereocenters. The number of hydrogen-bond acceptors (Lipinski definition) is 8. The highest BCUT2D eigenvalue weighted by Gasteiger charge is 2.46. The van der Waals surface area contributed by atoms with E-state index in [1.54, 1.807) is 42.5 Å². The van der Waals surface area contributed by atoms with Gasteiger partial charge in [0.25, 0.3) is 5.91 Å². The number of nitrogens with zero attached hydrogens (tertiary/aromatic N) is 2. The van der Waals surface area contributed by atoms with Crippen LogP contribution in [0.25, 0.3) is 11.0 Å². The molecule has 196 valence electrons. The van der Waals surface area contributed by atoms with Crippen LogP contribution in [0.4, 0.5) is 0 Å². The van der Waals surface area contributed by atoms with Crippen molar-refractivity contribution >= 4 is 22.7 Å². The number of likely N-dealkylation sites (N-methyl/N-ethyl adjacent to an activating group) is 1. The van der Waals surface area contributed by atoms with E-state index in [0.29, 0.717) is 46.9 Å². The Labute approximate surface area is 215 Å². The monoisotopic (exact) mass is 508 g/mol. The molecular formula is C28H32N2O7. The Morgan fingerprint density at radius 3 is 2.35 bits per heavy atom. The lowest BCUT2D eigenvalue weighted by Crippen LogP contribution is -2.38. The number of para-hydroxylation sites is 2. The van der Waals surface area contributed by atoms with Gasteiger partial charge in [-0.1, -0.05) is 38.1 Å². The molecule has 0 spiro atoms. The van der Waals surface area contributed by atoms with E-state index in [1.165, 1.54) is 26.2 Å². The molecule has 9 heteroatoms. The summed E-state index contributed by atoms with van der Waals surface area (Å²) >= 11 is 0. The first-order valence-electron chi connectivity index (χ1n) is 12.2. The van der Waals surface area contributed by atoms with Crippen LogP contribution in [0, 0.1) is 0 Å². The van der Waals surface area contributed by atoms with Gasteiger partial charge in [0, 0.05) is 24.0 Å². The molecular weight excluding hydrogens is 476 g/mol. The van der Waals surface area contributed by atoms with E-state index in [9.17, 15) is 14.7 Å². The molecule has 1 amide bonds. The molecule has 1 aliphatic heterocycles. The van der Waals surface area contributed by atoms with Crippen molar-refractivity contribution < 1.29 is 33.3 Å². The second-order valence-electron chi connectivity index (χ2n) is 8.59. The van der Waals surface area contributed by atoms with Crippen molar-refractivity contribution in [2.24, 2.45) is 0 Å². The van der Waals surface area contributed by atoms with Crippen LogP contribution < -0.4 is 14.2 Å². The van der Waals surface area contributed by atoms with E-state index in [4.69, 9.17) is 18.6 Å². The molecule has 9 nitrogen and oxygen atoms in total. The molecule has 0 bridgehead atoms.